The van der Waals surface area contributed by atoms with Gasteiger partial charge in [0.1, 0.15) is 0 Å². The Morgan fingerprint density at radius 1 is 0.435 bits per heavy atom. The fourth-order valence-electron chi connectivity index (χ4n) is 8.15. The van der Waals surface area contributed by atoms with Gasteiger partial charge in [-0.3, -0.25) is 9.59 Å². The Morgan fingerprint density at radius 2 is 0.758 bits per heavy atom. The van der Waals surface area contributed by atoms with E-state index in [1.807, 2.05) is 6.08 Å². The van der Waals surface area contributed by atoms with E-state index in [2.05, 4.69) is 43.5 Å². The van der Waals surface area contributed by atoms with Gasteiger partial charge in [-0.25, -0.2) is 0 Å². The fraction of sp³-hybridized carbons (Fsp3) is 0.857. The van der Waals surface area contributed by atoms with E-state index in [4.69, 9.17) is 4.74 Å². The molecular formula is C56H105NO5. The Morgan fingerprint density at radius 3 is 1.15 bits per heavy atom. The summed E-state index contributed by atoms with van der Waals surface area (Å²) in [7, 11) is 0. The Hall–Kier alpha value is -1.92. The van der Waals surface area contributed by atoms with Crippen LogP contribution in [0.2, 0.25) is 0 Å². The van der Waals surface area contributed by atoms with Gasteiger partial charge in [0.25, 0.3) is 0 Å². The van der Waals surface area contributed by atoms with Gasteiger partial charge in [0.15, 0.2) is 0 Å². The summed E-state index contributed by atoms with van der Waals surface area (Å²) < 4.78 is 5.47. The van der Waals surface area contributed by atoms with Crippen molar-refractivity contribution in [3.63, 3.8) is 0 Å². The van der Waals surface area contributed by atoms with Crippen molar-refractivity contribution in [2.24, 2.45) is 0 Å². The highest BCUT2D eigenvalue weighted by atomic mass is 16.5. The number of carbonyl (C=O) groups excluding carboxylic acids is 2. The number of hydrogen-bond acceptors (Lipinski definition) is 5. The zero-order valence-electron chi connectivity index (χ0n) is 41.4. The molecule has 2 atom stereocenters. The van der Waals surface area contributed by atoms with Gasteiger partial charge in [0.2, 0.25) is 5.91 Å². The van der Waals surface area contributed by atoms with Crippen molar-refractivity contribution in [3.05, 3.63) is 36.5 Å². The van der Waals surface area contributed by atoms with Crippen LogP contribution in [0.15, 0.2) is 36.5 Å². The lowest BCUT2D eigenvalue weighted by Gasteiger charge is -2.20. The summed E-state index contributed by atoms with van der Waals surface area (Å²) in [6.45, 7) is 4.85. The lowest BCUT2D eigenvalue weighted by molar-refractivity contribution is -0.143. The molecule has 6 nitrogen and oxygen atoms in total. The number of esters is 1. The van der Waals surface area contributed by atoms with E-state index in [0.29, 0.717) is 19.4 Å². The molecule has 364 valence electrons. The third-order valence-corrected chi connectivity index (χ3v) is 12.4. The predicted octanol–water partition coefficient (Wildman–Crippen LogP) is 16.5. The van der Waals surface area contributed by atoms with Crippen LogP contribution in [0.25, 0.3) is 0 Å². The van der Waals surface area contributed by atoms with Crippen LogP contribution in [0.4, 0.5) is 0 Å². The molecule has 1 amide bonds. The van der Waals surface area contributed by atoms with Crippen molar-refractivity contribution >= 4 is 11.9 Å². The van der Waals surface area contributed by atoms with Crippen LogP contribution in [0.1, 0.15) is 284 Å². The van der Waals surface area contributed by atoms with Gasteiger partial charge in [-0.05, 0) is 83.5 Å². The van der Waals surface area contributed by atoms with Crippen LogP contribution in [0, 0.1) is 0 Å². The summed E-state index contributed by atoms with van der Waals surface area (Å²) in [6, 6.07) is -0.638. The molecule has 0 aliphatic rings. The van der Waals surface area contributed by atoms with E-state index < -0.39 is 12.1 Å². The maximum absolute atomic E-state index is 12.4. The molecule has 3 N–H and O–H groups in total. The molecule has 0 aromatic heterocycles. The summed E-state index contributed by atoms with van der Waals surface area (Å²) >= 11 is 0. The number of aliphatic hydroxyl groups is 2. The number of unbranched alkanes of at least 4 members (excludes halogenated alkanes) is 35. The largest absolute Gasteiger partial charge is 0.466 e. The molecule has 0 bridgehead atoms. The van der Waals surface area contributed by atoms with Gasteiger partial charge in [-0.15, -0.1) is 0 Å². The second kappa shape index (κ2) is 51.7. The normalized spacial score (nSPS) is 12.9. The minimum absolute atomic E-state index is 0.0147. The van der Waals surface area contributed by atoms with Crippen LogP contribution in [0.5, 0.6) is 0 Å². The summed E-state index contributed by atoms with van der Waals surface area (Å²) in [5.41, 5.74) is 0. The smallest absolute Gasteiger partial charge is 0.305 e. The van der Waals surface area contributed by atoms with Crippen molar-refractivity contribution in [1.82, 2.24) is 5.32 Å². The van der Waals surface area contributed by atoms with E-state index in [1.165, 1.54) is 186 Å². The number of rotatable bonds is 50. The lowest BCUT2D eigenvalue weighted by atomic mass is 10.1. The fourth-order valence-corrected chi connectivity index (χ4v) is 8.15. The molecule has 62 heavy (non-hydrogen) atoms. The van der Waals surface area contributed by atoms with Crippen molar-refractivity contribution < 1.29 is 24.5 Å². The number of amides is 1. The van der Waals surface area contributed by atoms with Gasteiger partial charge >= 0.3 is 5.97 Å². The van der Waals surface area contributed by atoms with Gasteiger partial charge in [0, 0.05) is 12.8 Å². The van der Waals surface area contributed by atoms with E-state index in [0.717, 1.165) is 70.6 Å². The standard InChI is InChI=1S/C56H105NO5/c1-3-5-7-9-11-13-15-17-18-19-20-23-26-30-34-38-42-46-50-56(61)62-51-47-43-39-35-31-27-24-21-22-25-29-33-37-41-45-49-55(60)57-53(52-58)54(59)48-44-40-36-32-28-16-14-12-10-8-6-4-2/h18-19,24,27,44,48,53-54,58-59H,3-17,20-23,25-26,28-43,45-47,49-52H2,1-2H3,(H,57,60)/b19-18-,27-24-,48-44+. The van der Waals surface area contributed by atoms with Crippen LogP contribution in [-0.4, -0.2) is 47.4 Å². The Labute approximate surface area is 385 Å². The number of allylic oxidation sites excluding steroid dienone is 5. The molecule has 6 heteroatoms. The minimum atomic E-state index is -0.853. The Kier molecular flexibility index (Phi) is 50.1. The third kappa shape index (κ3) is 47.6. The highest BCUT2D eigenvalue weighted by Gasteiger charge is 2.18. The van der Waals surface area contributed by atoms with Crippen LogP contribution < -0.4 is 5.32 Å². The summed E-state index contributed by atoms with van der Waals surface area (Å²) in [5, 5.41) is 23.0. The van der Waals surface area contributed by atoms with Gasteiger partial charge in [-0.2, -0.15) is 0 Å². The minimum Gasteiger partial charge on any atom is -0.466 e. The van der Waals surface area contributed by atoms with E-state index in [-0.39, 0.29) is 18.5 Å². The SMILES string of the molecule is CCCCCCCCC/C=C\CCCCCCCCCC(=O)OCCCCCC/C=C\CCCCCCCCCC(=O)NC(CO)C(O)/C=C/CCCCCCCCCCCC. The monoisotopic (exact) mass is 872 g/mol. The van der Waals surface area contributed by atoms with Crippen LogP contribution >= 0.6 is 0 Å². The van der Waals surface area contributed by atoms with Crippen molar-refractivity contribution in [3.8, 4) is 0 Å². The van der Waals surface area contributed by atoms with Crippen molar-refractivity contribution in [2.45, 2.75) is 296 Å². The van der Waals surface area contributed by atoms with Gasteiger partial charge in [-0.1, -0.05) is 224 Å². The highest BCUT2D eigenvalue weighted by Crippen LogP contribution is 2.15. The molecule has 2 unspecified atom stereocenters. The summed E-state index contributed by atoms with van der Waals surface area (Å²) in [6.07, 6.45) is 63.0. The molecule has 0 aromatic carbocycles. The number of nitrogens with one attached hydrogen (secondary N) is 1. The Balaban J connectivity index is 3.48. The number of aliphatic hydroxyl groups excluding tert-OH is 2. The number of carbonyl (C=O) groups is 2. The molecule has 0 spiro atoms. The molecule has 0 heterocycles. The molecule has 0 aliphatic carbocycles. The molecule has 0 aromatic rings. The topological polar surface area (TPSA) is 95.9 Å². The first-order valence-electron chi connectivity index (χ1n) is 27.3. The second-order valence-corrected chi connectivity index (χ2v) is 18.5. The quantitative estimate of drug-likeness (QED) is 0.0321. The molecular weight excluding hydrogens is 767 g/mol. The first-order chi connectivity index (χ1) is 30.5. The first kappa shape index (κ1) is 60.1. The number of ether oxygens (including phenoxy) is 1. The zero-order valence-corrected chi connectivity index (χ0v) is 41.4. The first-order valence-corrected chi connectivity index (χ1v) is 27.3. The van der Waals surface area contributed by atoms with Crippen molar-refractivity contribution in [2.75, 3.05) is 13.2 Å². The third-order valence-electron chi connectivity index (χ3n) is 12.4. The zero-order chi connectivity index (χ0) is 45.1. The molecule has 0 saturated carbocycles. The summed E-state index contributed by atoms with van der Waals surface area (Å²) in [5.74, 6) is -0.0993. The van der Waals surface area contributed by atoms with Crippen LogP contribution in [0.3, 0.4) is 0 Å². The average Bonchev–Trinajstić information content (AvgIpc) is 3.27. The summed E-state index contributed by atoms with van der Waals surface area (Å²) in [4.78, 5) is 24.5. The molecule has 0 radical (unpaired) electrons. The molecule has 0 rings (SSSR count). The van der Waals surface area contributed by atoms with Crippen molar-refractivity contribution in [1.29, 1.82) is 0 Å². The maximum Gasteiger partial charge on any atom is 0.305 e. The average molecular weight is 872 g/mol. The number of hydrogen-bond donors (Lipinski definition) is 3. The highest BCUT2D eigenvalue weighted by molar-refractivity contribution is 5.76. The van der Waals surface area contributed by atoms with Gasteiger partial charge < -0.3 is 20.3 Å². The lowest BCUT2D eigenvalue weighted by Crippen LogP contribution is -2.45. The Bertz CT molecular complexity index is 1010. The van der Waals surface area contributed by atoms with Gasteiger partial charge in [0.05, 0.1) is 25.4 Å². The molecule has 0 saturated heterocycles. The second-order valence-electron chi connectivity index (χ2n) is 18.5. The molecule has 0 aliphatic heterocycles. The van der Waals surface area contributed by atoms with E-state index in [1.54, 1.807) is 6.08 Å². The predicted molar refractivity (Wildman–Crippen MR) is 269 cm³/mol. The van der Waals surface area contributed by atoms with Crippen LogP contribution in [-0.2, 0) is 14.3 Å². The van der Waals surface area contributed by atoms with E-state index in [9.17, 15) is 19.8 Å². The molecule has 0 fully saturated rings. The maximum atomic E-state index is 12.4. The van der Waals surface area contributed by atoms with E-state index >= 15 is 0 Å².